The fraction of sp³-hybridized carbons (Fsp3) is 0.481. The summed E-state index contributed by atoms with van der Waals surface area (Å²) in [6.45, 7) is 2.23. The van der Waals surface area contributed by atoms with Crippen LogP contribution in [-0.2, 0) is 0 Å². The first-order chi connectivity index (χ1) is 15.4. The summed E-state index contributed by atoms with van der Waals surface area (Å²) in [5.74, 6) is 0.964. The van der Waals surface area contributed by atoms with Gasteiger partial charge in [-0.3, -0.25) is 0 Å². The molecule has 0 N–H and O–H groups in total. The number of benzene rings is 2. The van der Waals surface area contributed by atoms with E-state index >= 15 is 0 Å². The molecule has 0 aromatic heterocycles. The molecular weight excluding hydrogens is 419 g/mol. The van der Waals surface area contributed by atoms with Crippen LogP contribution in [0.15, 0.2) is 24.3 Å². The highest BCUT2D eigenvalue weighted by Gasteiger charge is 2.36. The Labute approximate surface area is 186 Å². The molecule has 4 unspecified atom stereocenters. The van der Waals surface area contributed by atoms with E-state index in [1.54, 1.807) is 0 Å². The molecule has 4 atom stereocenters. The SMILES string of the molecule is CCCC1CCC2CC(c3cc(F)c(C#Cc4cc(F)c(F)c(F)c4)c(F)c3)CCC2C1. The normalized spacial score (nSPS) is 25.1. The molecule has 2 saturated carbocycles. The minimum absolute atomic E-state index is 0.130. The predicted octanol–water partition coefficient (Wildman–Crippen LogP) is 7.88. The van der Waals surface area contributed by atoms with Crippen molar-refractivity contribution in [3.63, 3.8) is 0 Å². The van der Waals surface area contributed by atoms with E-state index < -0.39 is 34.6 Å². The van der Waals surface area contributed by atoms with E-state index in [1.807, 2.05) is 0 Å². The number of halogens is 5. The van der Waals surface area contributed by atoms with Gasteiger partial charge in [-0.1, -0.05) is 38.0 Å². The lowest BCUT2D eigenvalue weighted by Gasteiger charge is -2.42. The smallest absolute Gasteiger partial charge is 0.194 e. The van der Waals surface area contributed by atoms with Crippen LogP contribution in [-0.4, -0.2) is 0 Å². The van der Waals surface area contributed by atoms with Crippen molar-refractivity contribution in [2.24, 2.45) is 17.8 Å². The number of rotatable bonds is 3. The predicted molar refractivity (Wildman–Crippen MR) is 114 cm³/mol. The molecule has 32 heavy (non-hydrogen) atoms. The Hall–Kier alpha value is -2.35. The van der Waals surface area contributed by atoms with Crippen molar-refractivity contribution in [1.82, 2.24) is 0 Å². The van der Waals surface area contributed by atoms with Crippen molar-refractivity contribution in [1.29, 1.82) is 0 Å². The van der Waals surface area contributed by atoms with Crippen molar-refractivity contribution < 1.29 is 22.0 Å². The molecule has 170 valence electrons. The maximum Gasteiger partial charge on any atom is 0.194 e. The van der Waals surface area contributed by atoms with E-state index in [2.05, 4.69) is 18.8 Å². The maximum absolute atomic E-state index is 14.7. The molecule has 0 bridgehead atoms. The van der Waals surface area contributed by atoms with E-state index in [0.29, 0.717) is 23.6 Å². The van der Waals surface area contributed by atoms with Gasteiger partial charge in [-0.15, -0.1) is 0 Å². The van der Waals surface area contributed by atoms with Gasteiger partial charge in [0, 0.05) is 5.56 Å². The van der Waals surface area contributed by atoms with Gasteiger partial charge in [-0.2, -0.15) is 0 Å². The summed E-state index contributed by atoms with van der Waals surface area (Å²) < 4.78 is 69.1. The highest BCUT2D eigenvalue weighted by Crippen LogP contribution is 2.48. The molecule has 0 nitrogen and oxygen atoms in total. The van der Waals surface area contributed by atoms with Crippen molar-refractivity contribution in [2.45, 2.75) is 64.2 Å². The van der Waals surface area contributed by atoms with Gasteiger partial charge in [0.1, 0.15) is 11.6 Å². The van der Waals surface area contributed by atoms with Gasteiger partial charge in [0.25, 0.3) is 0 Å². The average molecular weight is 447 g/mol. The number of fused-ring (bicyclic) bond motifs is 1. The van der Waals surface area contributed by atoms with Crippen molar-refractivity contribution in [2.75, 3.05) is 0 Å². The van der Waals surface area contributed by atoms with Gasteiger partial charge in [-0.25, -0.2) is 22.0 Å². The molecular formula is C27H27F5. The zero-order valence-electron chi connectivity index (χ0n) is 18.2. The van der Waals surface area contributed by atoms with Gasteiger partial charge in [-0.05, 0) is 85.6 Å². The van der Waals surface area contributed by atoms with Gasteiger partial charge >= 0.3 is 0 Å². The second-order valence-electron chi connectivity index (χ2n) is 9.36. The first kappa shape index (κ1) is 22.8. The lowest BCUT2D eigenvalue weighted by Crippen LogP contribution is -2.30. The molecule has 0 saturated heterocycles. The quantitative estimate of drug-likeness (QED) is 0.256. The van der Waals surface area contributed by atoms with Crippen LogP contribution in [0.1, 0.15) is 80.9 Å². The van der Waals surface area contributed by atoms with Crippen LogP contribution < -0.4 is 0 Å². The number of hydrogen-bond acceptors (Lipinski definition) is 0. The lowest BCUT2D eigenvalue weighted by molar-refractivity contribution is 0.114. The second-order valence-corrected chi connectivity index (χ2v) is 9.36. The third-order valence-corrected chi connectivity index (χ3v) is 7.27. The van der Waals surface area contributed by atoms with Gasteiger partial charge in [0.15, 0.2) is 17.5 Å². The summed E-state index contributed by atoms with van der Waals surface area (Å²) in [6, 6.07) is 4.08. The summed E-state index contributed by atoms with van der Waals surface area (Å²) in [5.41, 5.74) is 0.00692. The molecule has 0 heterocycles. The van der Waals surface area contributed by atoms with Crippen molar-refractivity contribution in [3.8, 4) is 11.8 Å². The van der Waals surface area contributed by atoms with Gasteiger partial charge in [0.2, 0.25) is 0 Å². The Balaban J connectivity index is 1.50. The third-order valence-electron chi connectivity index (χ3n) is 7.27. The molecule has 0 aliphatic heterocycles. The molecule has 0 amide bonds. The molecule has 2 aliphatic carbocycles. The van der Waals surface area contributed by atoms with Crippen molar-refractivity contribution >= 4 is 0 Å². The monoisotopic (exact) mass is 446 g/mol. The summed E-state index contributed by atoms with van der Waals surface area (Å²) in [6.07, 6.45) is 9.25. The highest BCUT2D eigenvalue weighted by molar-refractivity contribution is 5.45. The largest absolute Gasteiger partial charge is 0.206 e. The van der Waals surface area contributed by atoms with Crippen LogP contribution in [0.4, 0.5) is 22.0 Å². The third kappa shape index (κ3) is 4.85. The molecule has 2 fully saturated rings. The Morgan fingerprint density at radius 3 is 2.03 bits per heavy atom. The highest BCUT2D eigenvalue weighted by atomic mass is 19.2. The Morgan fingerprint density at radius 2 is 1.38 bits per heavy atom. The van der Waals surface area contributed by atoms with Crippen LogP contribution in [0.2, 0.25) is 0 Å². The molecule has 2 aromatic rings. The summed E-state index contributed by atoms with van der Waals surface area (Å²) in [4.78, 5) is 0. The second kappa shape index (κ2) is 9.65. The lowest BCUT2D eigenvalue weighted by atomic mass is 9.63. The van der Waals surface area contributed by atoms with E-state index in [1.165, 1.54) is 44.2 Å². The van der Waals surface area contributed by atoms with E-state index in [4.69, 9.17) is 0 Å². The fourth-order valence-corrected chi connectivity index (χ4v) is 5.67. The van der Waals surface area contributed by atoms with E-state index in [0.717, 1.165) is 31.1 Å². The molecule has 2 aromatic carbocycles. The van der Waals surface area contributed by atoms with Crippen LogP contribution in [0, 0.1) is 58.7 Å². The Bertz CT molecular complexity index is 1000. The van der Waals surface area contributed by atoms with Crippen LogP contribution >= 0.6 is 0 Å². The summed E-state index contributed by atoms with van der Waals surface area (Å²) in [5, 5.41) is 0. The number of hydrogen-bond donors (Lipinski definition) is 0. The zero-order chi connectivity index (χ0) is 22.8. The molecule has 0 radical (unpaired) electrons. The Kier molecular flexibility index (Phi) is 6.88. The van der Waals surface area contributed by atoms with Crippen LogP contribution in [0.25, 0.3) is 0 Å². The van der Waals surface area contributed by atoms with E-state index in [9.17, 15) is 22.0 Å². The molecule has 0 spiro atoms. The summed E-state index contributed by atoms with van der Waals surface area (Å²) >= 11 is 0. The average Bonchev–Trinajstić information content (AvgIpc) is 2.76. The van der Waals surface area contributed by atoms with E-state index in [-0.39, 0.29) is 11.5 Å². The maximum atomic E-state index is 14.7. The summed E-state index contributed by atoms with van der Waals surface area (Å²) in [7, 11) is 0. The van der Waals surface area contributed by atoms with Crippen LogP contribution in [0.3, 0.4) is 0 Å². The van der Waals surface area contributed by atoms with Gasteiger partial charge in [0.05, 0.1) is 5.56 Å². The van der Waals surface area contributed by atoms with Crippen molar-refractivity contribution in [3.05, 3.63) is 70.0 Å². The Morgan fingerprint density at radius 1 is 0.750 bits per heavy atom. The molecule has 4 rings (SSSR count). The first-order valence-corrected chi connectivity index (χ1v) is 11.5. The standard InChI is InChI=1S/C27H27F5/c1-2-3-16-4-6-19-13-20(8-7-18(19)10-16)21-14-23(28)22(24(29)15-21)9-5-17-11-25(30)27(32)26(31)12-17/h11-12,14-16,18-20H,2-4,6-8,10,13H2,1H3. The minimum Gasteiger partial charge on any atom is -0.206 e. The van der Waals surface area contributed by atoms with Crippen LogP contribution in [0.5, 0.6) is 0 Å². The van der Waals surface area contributed by atoms with Gasteiger partial charge < -0.3 is 0 Å². The first-order valence-electron chi connectivity index (χ1n) is 11.5. The zero-order valence-corrected chi connectivity index (χ0v) is 18.2. The minimum atomic E-state index is -1.61. The molecule has 5 heteroatoms. The molecule has 2 aliphatic rings. The topological polar surface area (TPSA) is 0 Å². The fourth-order valence-electron chi connectivity index (χ4n) is 5.67.